The SMILES string of the molecule is Cc1nn(C)c(NCCC2CCC2)c1C(N)=S. The number of rotatable bonds is 5. The molecule has 4 nitrogen and oxygen atoms in total. The van der Waals surface area contributed by atoms with E-state index in [9.17, 15) is 0 Å². The predicted molar refractivity (Wildman–Crippen MR) is 74.3 cm³/mol. The summed E-state index contributed by atoms with van der Waals surface area (Å²) in [7, 11) is 1.92. The molecule has 5 heteroatoms. The van der Waals surface area contributed by atoms with Gasteiger partial charge in [0, 0.05) is 13.6 Å². The molecule has 0 aliphatic heterocycles. The highest BCUT2D eigenvalue weighted by molar-refractivity contribution is 7.80. The molecule has 1 aromatic rings. The van der Waals surface area contributed by atoms with E-state index in [-0.39, 0.29) is 0 Å². The van der Waals surface area contributed by atoms with Crippen LogP contribution in [0.25, 0.3) is 0 Å². The van der Waals surface area contributed by atoms with Gasteiger partial charge in [0.05, 0.1) is 11.3 Å². The van der Waals surface area contributed by atoms with Crippen molar-refractivity contribution < 1.29 is 0 Å². The molecular weight excluding hydrogens is 232 g/mol. The van der Waals surface area contributed by atoms with Crippen LogP contribution in [-0.4, -0.2) is 21.3 Å². The molecule has 1 aliphatic rings. The average molecular weight is 252 g/mol. The Morgan fingerprint density at radius 3 is 2.82 bits per heavy atom. The van der Waals surface area contributed by atoms with Crippen molar-refractivity contribution in [2.75, 3.05) is 11.9 Å². The molecule has 17 heavy (non-hydrogen) atoms. The van der Waals surface area contributed by atoms with E-state index in [1.54, 1.807) is 0 Å². The summed E-state index contributed by atoms with van der Waals surface area (Å²) < 4.78 is 1.82. The lowest BCUT2D eigenvalue weighted by molar-refractivity contribution is 0.302. The number of thiocarbonyl (C=S) groups is 1. The summed E-state index contributed by atoms with van der Waals surface area (Å²) in [4.78, 5) is 0.418. The minimum Gasteiger partial charge on any atom is -0.389 e. The van der Waals surface area contributed by atoms with E-state index < -0.39 is 0 Å². The van der Waals surface area contributed by atoms with E-state index in [2.05, 4.69) is 10.4 Å². The van der Waals surface area contributed by atoms with E-state index in [0.717, 1.165) is 29.5 Å². The van der Waals surface area contributed by atoms with Crippen molar-refractivity contribution >= 4 is 23.0 Å². The van der Waals surface area contributed by atoms with Crippen LogP contribution >= 0.6 is 12.2 Å². The van der Waals surface area contributed by atoms with E-state index in [0.29, 0.717) is 4.99 Å². The summed E-state index contributed by atoms with van der Waals surface area (Å²) in [5, 5.41) is 7.77. The number of hydrogen-bond donors (Lipinski definition) is 2. The second kappa shape index (κ2) is 5.04. The van der Waals surface area contributed by atoms with Crippen LogP contribution in [0.15, 0.2) is 0 Å². The Labute approximate surface area is 108 Å². The molecule has 2 rings (SSSR count). The molecule has 0 bridgehead atoms. The van der Waals surface area contributed by atoms with E-state index in [1.165, 1.54) is 25.7 Å². The van der Waals surface area contributed by atoms with Crippen LogP contribution in [0, 0.1) is 12.8 Å². The summed E-state index contributed by atoms with van der Waals surface area (Å²) in [6, 6.07) is 0. The first-order chi connectivity index (χ1) is 8.09. The zero-order chi connectivity index (χ0) is 12.4. The Morgan fingerprint density at radius 2 is 2.29 bits per heavy atom. The highest BCUT2D eigenvalue weighted by atomic mass is 32.1. The molecule has 1 fully saturated rings. The predicted octanol–water partition coefficient (Wildman–Crippen LogP) is 1.96. The third kappa shape index (κ3) is 2.60. The molecule has 0 radical (unpaired) electrons. The second-order valence-corrected chi connectivity index (χ2v) is 5.25. The molecule has 3 N–H and O–H groups in total. The Hall–Kier alpha value is -1.10. The molecule has 1 aromatic heterocycles. The molecule has 0 aromatic carbocycles. The zero-order valence-electron chi connectivity index (χ0n) is 10.5. The fourth-order valence-electron chi connectivity index (χ4n) is 2.33. The number of aryl methyl sites for hydroxylation is 2. The maximum absolute atomic E-state index is 5.74. The Bertz CT molecular complexity index is 420. The normalized spacial score (nSPS) is 15.6. The van der Waals surface area contributed by atoms with Crippen molar-refractivity contribution in [3.63, 3.8) is 0 Å². The van der Waals surface area contributed by atoms with Gasteiger partial charge in [-0.1, -0.05) is 31.5 Å². The van der Waals surface area contributed by atoms with Crippen LogP contribution in [0.2, 0.25) is 0 Å². The fraction of sp³-hybridized carbons (Fsp3) is 0.667. The second-order valence-electron chi connectivity index (χ2n) is 4.81. The van der Waals surface area contributed by atoms with Crippen LogP contribution in [0.1, 0.15) is 36.9 Å². The lowest BCUT2D eigenvalue weighted by atomic mass is 9.83. The summed E-state index contributed by atoms with van der Waals surface area (Å²) in [6.45, 7) is 2.91. The number of hydrogen-bond acceptors (Lipinski definition) is 3. The van der Waals surface area contributed by atoms with Gasteiger partial charge in [0.25, 0.3) is 0 Å². The van der Waals surface area contributed by atoms with Crippen molar-refractivity contribution in [2.45, 2.75) is 32.6 Å². The van der Waals surface area contributed by atoms with Gasteiger partial charge in [-0.15, -0.1) is 0 Å². The molecule has 1 aliphatic carbocycles. The third-order valence-electron chi connectivity index (χ3n) is 3.54. The number of nitrogens with two attached hydrogens (primary N) is 1. The van der Waals surface area contributed by atoms with Crippen LogP contribution in [0.5, 0.6) is 0 Å². The quantitative estimate of drug-likeness (QED) is 0.787. The van der Waals surface area contributed by atoms with Gasteiger partial charge in [0.15, 0.2) is 0 Å². The van der Waals surface area contributed by atoms with Gasteiger partial charge in [-0.3, -0.25) is 4.68 Å². The van der Waals surface area contributed by atoms with Crippen LogP contribution < -0.4 is 11.1 Å². The van der Waals surface area contributed by atoms with Crippen LogP contribution in [0.3, 0.4) is 0 Å². The lowest BCUT2D eigenvalue weighted by Gasteiger charge is -2.25. The van der Waals surface area contributed by atoms with Gasteiger partial charge in [-0.2, -0.15) is 5.10 Å². The Morgan fingerprint density at radius 1 is 1.59 bits per heavy atom. The third-order valence-corrected chi connectivity index (χ3v) is 3.74. The largest absolute Gasteiger partial charge is 0.389 e. The van der Waals surface area contributed by atoms with Crippen LogP contribution in [-0.2, 0) is 7.05 Å². The minimum atomic E-state index is 0.418. The van der Waals surface area contributed by atoms with Gasteiger partial charge in [-0.25, -0.2) is 0 Å². The number of nitrogens with one attached hydrogen (secondary N) is 1. The van der Waals surface area contributed by atoms with E-state index in [4.69, 9.17) is 18.0 Å². The first kappa shape index (κ1) is 12.4. The number of aromatic nitrogens is 2. The molecule has 1 saturated carbocycles. The van der Waals surface area contributed by atoms with Gasteiger partial charge in [-0.05, 0) is 19.3 Å². The maximum Gasteiger partial charge on any atom is 0.134 e. The highest BCUT2D eigenvalue weighted by Gasteiger charge is 2.18. The maximum atomic E-state index is 5.74. The molecule has 0 amide bonds. The summed E-state index contributed by atoms with van der Waals surface area (Å²) >= 11 is 5.07. The molecule has 94 valence electrons. The summed E-state index contributed by atoms with van der Waals surface area (Å²) in [5.41, 5.74) is 7.52. The summed E-state index contributed by atoms with van der Waals surface area (Å²) in [6.07, 6.45) is 5.39. The zero-order valence-corrected chi connectivity index (χ0v) is 11.3. The average Bonchev–Trinajstić information content (AvgIpc) is 2.45. The van der Waals surface area contributed by atoms with Crippen LogP contribution in [0.4, 0.5) is 5.82 Å². The Kier molecular flexibility index (Phi) is 3.66. The first-order valence-corrected chi connectivity index (χ1v) is 6.57. The molecular formula is C12H20N4S. The minimum absolute atomic E-state index is 0.418. The van der Waals surface area contributed by atoms with Gasteiger partial charge >= 0.3 is 0 Å². The number of nitrogens with zero attached hydrogens (tertiary/aromatic N) is 2. The topological polar surface area (TPSA) is 55.9 Å². The van der Waals surface area contributed by atoms with Gasteiger partial charge < -0.3 is 11.1 Å². The van der Waals surface area contributed by atoms with E-state index in [1.807, 2.05) is 18.7 Å². The lowest BCUT2D eigenvalue weighted by Crippen LogP contribution is -2.18. The highest BCUT2D eigenvalue weighted by Crippen LogP contribution is 2.29. The van der Waals surface area contributed by atoms with Crippen molar-refractivity contribution in [1.29, 1.82) is 0 Å². The Balaban J connectivity index is 2.00. The first-order valence-electron chi connectivity index (χ1n) is 6.17. The van der Waals surface area contributed by atoms with Crippen molar-refractivity contribution in [2.24, 2.45) is 18.7 Å². The van der Waals surface area contributed by atoms with E-state index >= 15 is 0 Å². The van der Waals surface area contributed by atoms with Crippen molar-refractivity contribution in [3.05, 3.63) is 11.3 Å². The molecule has 0 unspecified atom stereocenters. The number of anilines is 1. The van der Waals surface area contributed by atoms with Gasteiger partial charge in [0.1, 0.15) is 10.8 Å². The fourth-order valence-corrected chi connectivity index (χ4v) is 2.58. The monoisotopic (exact) mass is 252 g/mol. The smallest absolute Gasteiger partial charge is 0.134 e. The van der Waals surface area contributed by atoms with Crippen molar-refractivity contribution in [1.82, 2.24) is 9.78 Å². The molecule has 0 spiro atoms. The van der Waals surface area contributed by atoms with Crippen molar-refractivity contribution in [3.8, 4) is 0 Å². The summed E-state index contributed by atoms with van der Waals surface area (Å²) in [5.74, 6) is 1.86. The molecule has 0 saturated heterocycles. The standard InChI is InChI=1S/C12H20N4S/c1-8-10(11(13)17)12(16(2)15-8)14-7-6-9-4-3-5-9/h9,14H,3-7H2,1-2H3,(H2,13,17). The molecule has 0 atom stereocenters. The van der Waals surface area contributed by atoms with Gasteiger partial charge in [0.2, 0.25) is 0 Å². The molecule has 1 heterocycles.